The molecule has 0 amide bonds. The number of likely N-dealkylation sites (N-methyl/N-ethyl adjacent to an activating group) is 1. The number of halogens is 1. The van der Waals surface area contributed by atoms with Crippen LogP contribution in [0.25, 0.3) is 0 Å². The first-order chi connectivity index (χ1) is 11.5. The quantitative estimate of drug-likeness (QED) is 0.364. The van der Waals surface area contributed by atoms with Crippen molar-refractivity contribution in [2.45, 2.75) is 32.4 Å². The third-order valence-corrected chi connectivity index (χ3v) is 4.62. The van der Waals surface area contributed by atoms with Gasteiger partial charge in [0.2, 0.25) is 0 Å². The molecule has 140 valence electrons. The van der Waals surface area contributed by atoms with Crippen LogP contribution in [0.4, 0.5) is 0 Å². The van der Waals surface area contributed by atoms with Crippen molar-refractivity contribution in [3.05, 3.63) is 40.2 Å². The maximum atomic E-state index is 5.53. The number of nitrogens with zero attached hydrogens (tertiary/aromatic N) is 3. The molecule has 25 heavy (non-hydrogen) atoms. The molecular weight excluding hydrogens is 449 g/mol. The highest BCUT2D eigenvalue weighted by atomic mass is 127. The minimum Gasteiger partial charge on any atom is -0.468 e. The van der Waals surface area contributed by atoms with Gasteiger partial charge in [-0.2, -0.15) is 0 Å². The molecule has 0 aliphatic rings. The standard InChI is InChI=1S/C17H27N5OS.HI/c1-12(2)13-11-24-16(21-13)10-20-17(18-3)19-9-14(22(4)5)15-7-6-8-23-15;/h6-8,11-12,14H,9-10H2,1-5H3,(H2,18,19,20);1H. The Bertz CT molecular complexity index is 639. The van der Waals surface area contributed by atoms with Crippen molar-refractivity contribution in [3.63, 3.8) is 0 Å². The minimum atomic E-state index is 0. The van der Waals surface area contributed by atoms with Gasteiger partial charge in [-0.05, 0) is 32.1 Å². The molecular formula is C17H28IN5OS. The first kappa shape index (κ1) is 21.9. The van der Waals surface area contributed by atoms with Gasteiger partial charge in [0.25, 0.3) is 0 Å². The van der Waals surface area contributed by atoms with Gasteiger partial charge < -0.3 is 15.1 Å². The number of hydrogen-bond acceptors (Lipinski definition) is 5. The minimum absolute atomic E-state index is 0. The van der Waals surface area contributed by atoms with Crippen LogP contribution in [0.2, 0.25) is 0 Å². The number of aromatic nitrogens is 1. The monoisotopic (exact) mass is 477 g/mol. The predicted octanol–water partition coefficient (Wildman–Crippen LogP) is 3.45. The zero-order chi connectivity index (χ0) is 17.5. The van der Waals surface area contributed by atoms with Crippen molar-refractivity contribution < 1.29 is 4.42 Å². The molecule has 2 aromatic heterocycles. The van der Waals surface area contributed by atoms with E-state index in [2.05, 4.69) is 44.7 Å². The molecule has 2 rings (SSSR count). The van der Waals surface area contributed by atoms with Crippen LogP contribution in [0.1, 0.15) is 42.3 Å². The van der Waals surface area contributed by atoms with Gasteiger partial charge in [0.05, 0.1) is 24.5 Å². The van der Waals surface area contributed by atoms with Gasteiger partial charge in [0.15, 0.2) is 5.96 Å². The number of hydrogen-bond donors (Lipinski definition) is 2. The summed E-state index contributed by atoms with van der Waals surface area (Å²) in [4.78, 5) is 11.0. The molecule has 0 bridgehead atoms. The van der Waals surface area contributed by atoms with E-state index in [0.29, 0.717) is 19.0 Å². The summed E-state index contributed by atoms with van der Waals surface area (Å²) in [5.41, 5.74) is 1.14. The second-order valence-corrected chi connectivity index (χ2v) is 7.06. The SMILES string of the molecule is CN=C(NCc1nc(C(C)C)cs1)NCC(c1ccco1)N(C)C.I. The fraction of sp³-hybridized carbons (Fsp3) is 0.529. The van der Waals surface area contributed by atoms with Crippen molar-refractivity contribution >= 4 is 41.3 Å². The third-order valence-electron chi connectivity index (χ3n) is 3.75. The van der Waals surface area contributed by atoms with E-state index in [1.165, 1.54) is 0 Å². The number of nitrogens with one attached hydrogen (secondary N) is 2. The average molecular weight is 477 g/mol. The number of guanidine groups is 1. The number of furan rings is 1. The van der Waals surface area contributed by atoms with Crippen LogP contribution in [-0.2, 0) is 6.54 Å². The van der Waals surface area contributed by atoms with Gasteiger partial charge in [-0.15, -0.1) is 35.3 Å². The molecule has 2 N–H and O–H groups in total. The van der Waals surface area contributed by atoms with E-state index in [1.54, 1.807) is 24.6 Å². The van der Waals surface area contributed by atoms with Gasteiger partial charge in [-0.3, -0.25) is 9.89 Å². The van der Waals surface area contributed by atoms with Crippen LogP contribution < -0.4 is 10.6 Å². The highest BCUT2D eigenvalue weighted by molar-refractivity contribution is 14.0. The summed E-state index contributed by atoms with van der Waals surface area (Å²) in [6.07, 6.45) is 1.70. The van der Waals surface area contributed by atoms with Gasteiger partial charge in [-0.1, -0.05) is 13.8 Å². The van der Waals surface area contributed by atoms with E-state index < -0.39 is 0 Å². The lowest BCUT2D eigenvalue weighted by atomic mass is 10.2. The Labute approximate surface area is 171 Å². The van der Waals surface area contributed by atoms with E-state index in [9.17, 15) is 0 Å². The smallest absolute Gasteiger partial charge is 0.191 e. The molecule has 6 nitrogen and oxygen atoms in total. The van der Waals surface area contributed by atoms with E-state index in [1.807, 2.05) is 26.2 Å². The predicted molar refractivity (Wildman–Crippen MR) is 115 cm³/mol. The lowest BCUT2D eigenvalue weighted by molar-refractivity contribution is 0.258. The van der Waals surface area contributed by atoms with Crippen molar-refractivity contribution in [3.8, 4) is 0 Å². The Balaban J connectivity index is 0.00000312. The van der Waals surface area contributed by atoms with Crippen LogP contribution in [0, 0.1) is 0 Å². The van der Waals surface area contributed by atoms with E-state index in [-0.39, 0.29) is 30.0 Å². The topological polar surface area (TPSA) is 65.7 Å². The first-order valence-corrected chi connectivity index (χ1v) is 8.97. The van der Waals surface area contributed by atoms with Crippen LogP contribution in [0.3, 0.4) is 0 Å². The van der Waals surface area contributed by atoms with Crippen molar-refractivity contribution in [2.75, 3.05) is 27.7 Å². The summed E-state index contributed by atoms with van der Waals surface area (Å²) < 4.78 is 5.53. The van der Waals surface area contributed by atoms with Crippen molar-refractivity contribution in [1.82, 2.24) is 20.5 Å². The number of rotatable bonds is 7. The number of thiazole rings is 1. The van der Waals surface area contributed by atoms with Crippen LogP contribution in [0.15, 0.2) is 33.2 Å². The molecule has 0 aliphatic carbocycles. The Kier molecular flexibility index (Phi) is 9.44. The molecule has 2 aromatic rings. The largest absolute Gasteiger partial charge is 0.468 e. The van der Waals surface area contributed by atoms with Gasteiger partial charge in [-0.25, -0.2) is 4.98 Å². The molecule has 1 unspecified atom stereocenters. The zero-order valence-electron chi connectivity index (χ0n) is 15.4. The average Bonchev–Trinajstić information content (AvgIpc) is 3.21. The Morgan fingerprint density at radius 3 is 2.64 bits per heavy atom. The highest BCUT2D eigenvalue weighted by Crippen LogP contribution is 2.18. The summed E-state index contributed by atoms with van der Waals surface area (Å²) in [5, 5.41) is 9.86. The molecule has 0 saturated heterocycles. The fourth-order valence-electron chi connectivity index (χ4n) is 2.26. The van der Waals surface area contributed by atoms with Gasteiger partial charge in [0.1, 0.15) is 10.8 Å². The summed E-state index contributed by atoms with van der Waals surface area (Å²) in [6, 6.07) is 4.05. The lowest BCUT2D eigenvalue weighted by Crippen LogP contribution is -2.41. The summed E-state index contributed by atoms with van der Waals surface area (Å²) >= 11 is 1.68. The van der Waals surface area contributed by atoms with Crippen LogP contribution in [0.5, 0.6) is 0 Å². The summed E-state index contributed by atoms with van der Waals surface area (Å²) in [5.74, 6) is 2.15. The first-order valence-electron chi connectivity index (χ1n) is 8.10. The van der Waals surface area contributed by atoms with Gasteiger partial charge >= 0.3 is 0 Å². The molecule has 0 spiro atoms. The molecule has 1 atom stereocenters. The number of aliphatic imine (C=N–C) groups is 1. The highest BCUT2D eigenvalue weighted by Gasteiger charge is 2.17. The van der Waals surface area contributed by atoms with Crippen LogP contribution >= 0.6 is 35.3 Å². The van der Waals surface area contributed by atoms with E-state index in [0.717, 1.165) is 22.4 Å². The summed E-state index contributed by atoms with van der Waals surface area (Å²) in [7, 11) is 5.84. The maximum absolute atomic E-state index is 5.53. The lowest BCUT2D eigenvalue weighted by Gasteiger charge is -2.23. The second-order valence-electron chi connectivity index (χ2n) is 6.12. The fourth-order valence-corrected chi connectivity index (χ4v) is 3.16. The molecule has 2 heterocycles. The second kappa shape index (κ2) is 10.8. The molecule has 0 aromatic carbocycles. The van der Waals surface area contributed by atoms with Gasteiger partial charge in [0, 0.05) is 19.0 Å². The normalized spacial score (nSPS) is 13.0. The Hall–Kier alpha value is -1.13. The molecule has 0 fully saturated rings. The van der Waals surface area contributed by atoms with E-state index in [4.69, 9.17) is 4.42 Å². The van der Waals surface area contributed by atoms with E-state index >= 15 is 0 Å². The molecule has 8 heteroatoms. The zero-order valence-corrected chi connectivity index (χ0v) is 18.6. The Morgan fingerprint density at radius 1 is 1.36 bits per heavy atom. The Morgan fingerprint density at radius 2 is 2.12 bits per heavy atom. The van der Waals surface area contributed by atoms with Crippen LogP contribution in [-0.4, -0.2) is 43.5 Å². The summed E-state index contributed by atoms with van der Waals surface area (Å²) in [6.45, 7) is 5.69. The maximum Gasteiger partial charge on any atom is 0.191 e. The van der Waals surface area contributed by atoms with Crippen molar-refractivity contribution in [1.29, 1.82) is 0 Å². The van der Waals surface area contributed by atoms with Crippen molar-refractivity contribution in [2.24, 2.45) is 4.99 Å². The molecule has 0 aliphatic heterocycles. The molecule has 0 saturated carbocycles. The third kappa shape index (κ3) is 6.59. The molecule has 0 radical (unpaired) electrons.